The van der Waals surface area contributed by atoms with E-state index in [0.29, 0.717) is 17.9 Å². The number of amidine groups is 1. The second-order valence-electron chi connectivity index (χ2n) is 8.59. The molecule has 13 nitrogen and oxygen atoms in total. The van der Waals surface area contributed by atoms with Crippen molar-refractivity contribution in [2.45, 2.75) is 19.4 Å². The molecule has 0 spiro atoms. The summed E-state index contributed by atoms with van der Waals surface area (Å²) in [6.45, 7) is 4.51. The minimum atomic E-state index is -1.16. The van der Waals surface area contributed by atoms with Gasteiger partial charge in [-0.1, -0.05) is 6.58 Å². The molecule has 5 N–H and O–H groups in total. The molecule has 0 aliphatic rings. The van der Waals surface area contributed by atoms with Gasteiger partial charge in [-0.15, -0.1) is 5.10 Å². The first-order valence-electron chi connectivity index (χ1n) is 11.8. The zero-order valence-electron chi connectivity index (χ0n) is 22.3. The topological polar surface area (TPSA) is 134 Å². The summed E-state index contributed by atoms with van der Waals surface area (Å²) in [5, 5.41) is 24.4. The summed E-state index contributed by atoms with van der Waals surface area (Å²) in [6, 6.07) is 5.61. The molecular weight excluding hydrogens is 489 g/mol. The van der Waals surface area contributed by atoms with Crippen molar-refractivity contribution in [1.29, 1.82) is 0 Å². The van der Waals surface area contributed by atoms with Crippen LogP contribution in [0.1, 0.15) is 21.9 Å². The van der Waals surface area contributed by atoms with Gasteiger partial charge >= 0.3 is 7.62 Å². The van der Waals surface area contributed by atoms with Crippen LogP contribution in [0.2, 0.25) is 0 Å². The predicted octanol–water partition coefficient (Wildman–Crippen LogP) is 1.56. The molecular formula is C24H35BN9O4. The van der Waals surface area contributed by atoms with Crippen LogP contribution in [0.5, 0.6) is 0 Å². The normalized spacial score (nSPS) is 12.1. The summed E-state index contributed by atoms with van der Waals surface area (Å²) in [5.41, 5.74) is 7.39. The molecule has 0 bridgehead atoms. The zero-order valence-corrected chi connectivity index (χ0v) is 22.3. The largest absolute Gasteiger partial charge is 0.435 e. The summed E-state index contributed by atoms with van der Waals surface area (Å²) in [6.07, 6.45) is 6.80. The average Bonchev–Trinajstić information content (AvgIpc) is 3.56. The van der Waals surface area contributed by atoms with Crippen molar-refractivity contribution in [1.82, 2.24) is 24.2 Å². The molecule has 1 unspecified atom stereocenters. The smallest absolute Gasteiger partial charge is 0.422 e. The lowest BCUT2D eigenvalue weighted by atomic mass is 10.2. The molecule has 0 saturated carbocycles. The van der Waals surface area contributed by atoms with E-state index >= 15 is 0 Å². The van der Waals surface area contributed by atoms with Crippen LogP contribution in [-0.4, -0.2) is 63.8 Å². The molecule has 203 valence electrons. The van der Waals surface area contributed by atoms with Gasteiger partial charge in [0, 0.05) is 71.0 Å². The number of likely N-dealkylation sites (N-methyl/N-ethyl adjacent to an activating group) is 1. The second kappa shape index (κ2) is 13.4. The molecule has 1 radical (unpaired) electrons. The van der Waals surface area contributed by atoms with Gasteiger partial charge in [0.2, 0.25) is 0 Å². The third-order valence-electron chi connectivity index (χ3n) is 5.82. The number of hydrazone groups is 1. The fourth-order valence-electron chi connectivity index (χ4n) is 3.65. The summed E-state index contributed by atoms with van der Waals surface area (Å²) in [7, 11) is 10.4. The number of carbonyl (C=O) groups is 1. The Morgan fingerprint density at radius 3 is 2.50 bits per heavy atom. The Balaban J connectivity index is 1.58. The molecule has 3 aromatic rings. The van der Waals surface area contributed by atoms with E-state index in [1.807, 2.05) is 61.0 Å². The molecule has 0 aliphatic heterocycles. The van der Waals surface area contributed by atoms with E-state index in [1.165, 1.54) is 13.8 Å². The number of nitrogens with zero attached hydrogens (tertiary/aromatic N) is 5. The first-order valence-corrected chi connectivity index (χ1v) is 11.8. The van der Waals surface area contributed by atoms with Crippen LogP contribution < -0.4 is 21.5 Å². The van der Waals surface area contributed by atoms with E-state index in [9.17, 15) is 9.90 Å². The SMILES string of the molecule is C=CN(C)/C(=N\NOCc1cc(N[B]OC)cn1C)C(O)Nc1cc(CNc2cc(C=O)n(C)c2)n(C)c1. The monoisotopic (exact) mass is 524 g/mol. The quantitative estimate of drug-likeness (QED) is 0.0382. The minimum Gasteiger partial charge on any atom is -0.422 e. The summed E-state index contributed by atoms with van der Waals surface area (Å²) in [4.78, 5) is 18.1. The number of aldehydes is 1. The number of anilines is 3. The minimum absolute atomic E-state index is 0.230. The highest BCUT2D eigenvalue weighted by Gasteiger charge is 2.18. The van der Waals surface area contributed by atoms with E-state index in [1.54, 1.807) is 29.7 Å². The predicted molar refractivity (Wildman–Crippen MR) is 148 cm³/mol. The van der Waals surface area contributed by atoms with Crippen molar-refractivity contribution in [3.8, 4) is 0 Å². The van der Waals surface area contributed by atoms with Crippen molar-refractivity contribution in [2.24, 2.45) is 26.2 Å². The van der Waals surface area contributed by atoms with Gasteiger partial charge < -0.3 is 44.2 Å². The molecule has 0 aliphatic carbocycles. The van der Waals surface area contributed by atoms with Crippen LogP contribution in [0.25, 0.3) is 0 Å². The Labute approximate surface area is 222 Å². The molecule has 14 heteroatoms. The number of hydrogen-bond donors (Lipinski definition) is 5. The highest BCUT2D eigenvalue weighted by Crippen LogP contribution is 2.18. The lowest BCUT2D eigenvalue weighted by molar-refractivity contribution is 0.0252. The fourth-order valence-corrected chi connectivity index (χ4v) is 3.65. The van der Waals surface area contributed by atoms with Gasteiger partial charge in [-0.3, -0.25) is 9.63 Å². The van der Waals surface area contributed by atoms with Crippen molar-refractivity contribution in [3.05, 3.63) is 66.7 Å². The Morgan fingerprint density at radius 1 is 1.13 bits per heavy atom. The van der Waals surface area contributed by atoms with Crippen LogP contribution in [0.4, 0.5) is 17.1 Å². The van der Waals surface area contributed by atoms with E-state index < -0.39 is 6.23 Å². The molecule has 0 saturated heterocycles. The van der Waals surface area contributed by atoms with E-state index in [-0.39, 0.29) is 12.4 Å². The second-order valence-corrected chi connectivity index (χ2v) is 8.59. The lowest BCUT2D eigenvalue weighted by Gasteiger charge is -2.22. The number of hydrogen-bond acceptors (Lipinski definition) is 9. The summed E-state index contributed by atoms with van der Waals surface area (Å²) < 4.78 is 10.5. The number of aliphatic hydroxyl groups is 1. The van der Waals surface area contributed by atoms with Gasteiger partial charge in [-0.2, -0.15) is 5.59 Å². The molecule has 3 aromatic heterocycles. The van der Waals surface area contributed by atoms with Gasteiger partial charge in [0.05, 0.1) is 23.6 Å². The van der Waals surface area contributed by atoms with Gasteiger partial charge in [0.25, 0.3) is 0 Å². The highest BCUT2D eigenvalue weighted by molar-refractivity contribution is 6.32. The van der Waals surface area contributed by atoms with E-state index in [0.717, 1.165) is 29.0 Å². The molecule has 3 heterocycles. The van der Waals surface area contributed by atoms with Crippen LogP contribution in [0.15, 0.2) is 54.7 Å². The molecule has 0 fully saturated rings. The first kappa shape index (κ1) is 28.4. The van der Waals surface area contributed by atoms with E-state index in [2.05, 4.69) is 33.1 Å². The van der Waals surface area contributed by atoms with Gasteiger partial charge in [-0.25, -0.2) is 0 Å². The van der Waals surface area contributed by atoms with Crippen LogP contribution in [0.3, 0.4) is 0 Å². The Hall–Kier alpha value is -4.14. The third kappa shape index (κ3) is 7.44. The Bertz CT molecular complexity index is 1250. The average molecular weight is 524 g/mol. The zero-order chi connectivity index (χ0) is 27.7. The third-order valence-corrected chi connectivity index (χ3v) is 5.82. The Kier molecular flexibility index (Phi) is 10.0. The Morgan fingerprint density at radius 2 is 1.82 bits per heavy atom. The standard InChI is InChI=1S/C24H35BN9O4/c1-7-31(2)23(29-30-38-16-22-10-19(14-34(22)5)28-25-37-6)24(36)27-18-9-20(32(3)13-18)11-26-17-8-21(15-35)33(4)12-17/h7-10,12-15,24,26-28,30,36H,1,11,16H2,2-6H3/b29-23-. The molecule has 1 atom stereocenters. The van der Waals surface area contributed by atoms with Crippen molar-refractivity contribution >= 4 is 36.8 Å². The maximum absolute atomic E-state index is 11.1. The molecule has 0 aromatic carbocycles. The van der Waals surface area contributed by atoms with Crippen molar-refractivity contribution in [3.63, 3.8) is 0 Å². The maximum atomic E-state index is 11.1. The number of aryl methyl sites for hydroxylation is 3. The summed E-state index contributed by atoms with van der Waals surface area (Å²) in [5.74, 6) is 0.248. The van der Waals surface area contributed by atoms with Crippen LogP contribution in [0, 0.1) is 0 Å². The highest BCUT2D eigenvalue weighted by atomic mass is 16.7. The van der Waals surface area contributed by atoms with E-state index in [4.69, 9.17) is 9.49 Å². The van der Waals surface area contributed by atoms with Crippen molar-refractivity contribution in [2.75, 3.05) is 30.0 Å². The number of nitrogens with one attached hydrogen (secondary N) is 4. The van der Waals surface area contributed by atoms with Gasteiger partial charge in [0.15, 0.2) is 18.3 Å². The molecule has 38 heavy (non-hydrogen) atoms. The molecule has 0 amide bonds. The first-order chi connectivity index (χ1) is 18.2. The lowest BCUT2D eigenvalue weighted by Crippen LogP contribution is -2.39. The summed E-state index contributed by atoms with van der Waals surface area (Å²) >= 11 is 0. The number of rotatable bonds is 15. The number of aliphatic hydroxyl groups excluding tert-OH is 1. The van der Waals surface area contributed by atoms with Gasteiger partial charge in [0.1, 0.15) is 6.61 Å². The number of carbonyl (C=O) groups excluding carboxylic acids is 1. The van der Waals surface area contributed by atoms with Crippen LogP contribution in [-0.2, 0) is 43.8 Å². The number of aromatic nitrogens is 3. The maximum Gasteiger partial charge on any atom is 0.435 e. The van der Waals surface area contributed by atoms with Gasteiger partial charge in [-0.05, 0) is 24.4 Å². The molecule has 3 rings (SSSR count). The van der Waals surface area contributed by atoms with Crippen molar-refractivity contribution < 1.29 is 19.4 Å². The fraction of sp³-hybridized carbons (Fsp3) is 0.333. The van der Waals surface area contributed by atoms with Crippen LogP contribution >= 0.6 is 0 Å².